The number of aromatic amines is 1. The second-order valence-electron chi connectivity index (χ2n) is 5.82. The second kappa shape index (κ2) is 8.37. The van der Waals surface area contributed by atoms with E-state index in [1.54, 1.807) is 31.2 Å². The first-order valence-electron chi connectivity index (χ1n) is 8.35. The molecular formula is C20H16Cl2N2O4. The number of hydrogen-bond acceptors (Lipinski definition) is 4. The number of ether oxygens (including phenoxy) is 1. The molecule has 0 aliphatic heterocycles. The van der Waals surface area contributed by atoms with E-state index < -0.39 is 11.9 Å². The quantitative estimate of drug-likeness (QED) is 0.401. The largest absolute Gasteiger partial charge is 0.508 e. The van der Waals surface area contributed by atoms with Crippen molar-refractivity contribution < 1.29 is 19.4 Å². The van der Waals surface area contributed by atoms with Crippen LogP contribution in [0.5, 0.6) is 5.75 Å². The Hall–Kier alpha value is -2.96. The van der Waals surface area contributed by atoms with Crippen molar-refractivity contribution in [2.24, 2.45) is 0 Å². The summed E-state index contributed by atoms with van der Waals surface area (Å²) in [6, 6.07) is 9.35. The topological polar surface area (TPSA) is 91.4 Å². The average Bonchev–Trinajstić information content (AvgIpc) is 2.99. The fourth-order valence-corrected chi connectivity index (χ4v) is 3.33. The number of anilines is 1. The van der Waals surface area contributed by atoms with E-state index in [0.29, 0.717) is 32.2 Å². The van der Waals surface area contributed by atoms with Crippen LogP contribution in [0.15, 0.2) is 42.5 Å². The monoisotopic (exact) mass is 418 g/mol. The molecule has 6 nitrogen and oxygen atoms in total. The van der Waals surface area contributed by atoms with Crippen LogP contribution < -0.4 is 5.32 Å². The highest BCUT2D eigenvalue weighted by molar-refractivity contribution is 6.39. The molecule has 3 N–H and O–H groups in total. The number of phenols is 1. The summed E-state index contributed by atoms with van der Waals surface area (Å²) in [7, 11) is 0. The minimum atomic E-state index is -0.570. The lowest BCUT2D eigenvalue weighted by molar-refractivity contribution is -0.111. The third kappa shape index (κ3) is 4.30. The zero-order valence-electron chi connectivity index (χ0n) is 14.8. The highest BCUT2D eigenvalue weighted by atomic mass is 35.5. The number of phenolic OH excluding ortho intramolecular Hbond substituents is 1. The average molecular weight is 419 g/mol. The molecule has 0 bridgehead atoms. The van der Waals surface area contributed by atoms with Crippen molar-refractivity contribution in [3.63, 3.8) is 0 Å². The van der Waals surface area contributed by atoms with Gasteiger partial charge in [-0.2, -0.15) is 0 Å². The minimum Gasteiger partial charge on any atom is -0.508 e. The van der Waals surface area contributed by atoms with E-state index in [1.807, 2.05) is 0 Å². The lowest BCUT2D eigenvalue weighted by atomic mass is 10.1. The molecule has 0 aliphatic rings. The fraction of sp³-hybridized carbons (Fsp3) is 0.100. The Kier molecular flexibility index (Phi) is 5.92. The predicted octanol–water partition coefficient (Wildman–Crippen LogP) is 5.01. The van der Waals surface area contributed by atoms with Crippen molar-refractivity contribution in [2.75, 3.05) is 11.9 Å². The molecule has 0 saturated carbocycles. The zero-order chi connectivity index (χ0) is 20.3. The first kappa shape index (κ1) is 19.8. The third-order valence-electron chi connectivity index (χ3n) is 3.85. The van der Waals surface area contributed by atoms with E-state index in [2.05, 4.69) is 10.3 Å². The molecular weight excluding hydrogens is 403 g/mol. The number of carbonyl (C=O) groups is 2. The van der Waals surface area contributed by atoms with Gasteiger partial charge in [-0.3, -0.25) is 4.79 Å². The maximum absolute atomic E-state index is 12.3. The second-order valence-corrected chi connectivity index (χ2v) is 6.66. The van der Waals surface area contributed by atoms with E-state index in [0.717, 1.165) is 0 Å². The van der Waals surface area contributed by atoms with Gasteiger partial charge in [-0.15, -0.1) is 0 Å². The number of H-pyrrole nitrogens is 1. The Morgan fingerprint density at radius 2 is 2.04 bits per heavy atom. The number of halogens is 2. The summed E-state index contributed by atoms with van der Waals surface area (Å²) in [6.07, 6.45) is 2.74. The zero-order valence-corrected chi connectivity index (χ0v) is 16.3. The number of nitrogens with one attached hydrogen (secondary N) is 2. The van der Waals surface area contributed by atoms with Crippen LogP contribution in [-0.4, -0.2) is 28.6 Å². The minimum absolute atomic E-state index is 0.0340. The summed E-state index contributed by atoms with van der Waals surface area (Å²) in [4.78, 5) is 27.5. The van der Waals surface area contributed by atoms with Crippen LogP contribution in [0.4, 0.5) is 5.69 Å². The van der Waals surface area contributed by atoms with E-state index in [4.69, 9.17) is 27.9 Å². The summed E-state index contributed by atoms with van der Waals surface area (Å²) in [5.74, 6) is -0.981. The molecule has 144 valence electrons. The van der Waals surface area contributed by atoms with Crippen LogP contribution in [0.2, 0.25) is 10.0 Å². The Morgan fingerprint density at radius 1 is 1.25 bits per heavy atom. The Bertz CT molecular complexity index is 1090. The van der Waals surface area contributed by atoms with Gasteiger partial charge in [0.2, 0.25) is 5.91 Å². The Morgan fingerprint density at radius 3 is 2.75 bits per heavy atom. The van der Waals surface area contributed by atoms with E-state index in [1.165, 1.54) is 24.3 Å². The number of esters is 1. The maximum atomic E-state index is 12.3. The third-order valence-corrected chi connectivity index (χ3v) is 4.36. The van der Waals surface area contributed by atoms with Gasteiger partial charge in [0.15, 0.2) is 0 Å². The van der Waals surface area contributed by atoms with Crippen molar-refractivity contribution in [2.45, 2.75) is 6.92 Å². The molecule has 0 fully saturated rings. The molecule has 0 spiro atoms. The van der Waals surface area contributed by atoms with Crippen molar-refractivity contribution in [3.8, 4) is 5.75 Å². The Balaban J connectivity index is 1.98. The lowest BCUT2D eigenvalue weighted by Crippen LogP contribution is -2.08. The molecule has 0 saturated heterocycles. The van der Waals surface area contributed by atoms with E-state index in [9.17, 15) is 14.7 Å². The number of fused-ring (bicyclic) bond motifs is 1. The van der Waals surface area contributed by atoms with Gasteiger partial charge in [0.1, 0.15) is 11.4 Å². The van der Waals surface area contributed by atoms with Crippen molar-refractivity contribution in [1.82, 2.24) is 4.98 Å². The van der Waals surface area contributed by atoms with Gasteiger partial charge >= 0.3 is 5.97 Å². The molecule has 2 aromatic carbocycles. The SMILES string of the molecule is CCOC(=O)c1[nH]c2cc(Cl)cc(Cl)c2c1/C=C/C(=O)Nc1cccc(O)c1. The summed E-state index contributed by atoms with van der Waals surface area (Å²) >= 11 is 12.3. The summed E-state index contributed by atoms with van der Waals surface area (Å²) in [5.41, 5.74) is 1.57. The molecule has 0 radical (unpaired) electrons. The van der Waals surface area contributed by atoms with Crippen LogP contribution in [0.1, 0.15) is 23.0 Å². The highest BCUT2D eigenvalue weighted by Crippen LogP contribution is 2.33. The standard InChI is InChI=1S/C20H16Cl2N2O4/c1-2-28-20(27)19-14(18-15(22)8-11(21)9-16(18)24-19)6-7-17(26)23-12-4-3-5-13(25)10-12/h3-10,24-25H,2H2,1H3,(H,23,26)/b7-6+. The highest BCUT2D eigenvalue weighted by Gasteiger charge is 2.19. The number of amides is 1. The van der Waals surface area contributed by atoms with E-state index >= 15 is 0 Å². The first-order valence-corrected chi connectivity index (χ1v) is 9.10. The van der Waals surface area contributed by atoms with Crippen molar-refractivity contribution >= 4 is 57.7 Å². The number of rotatable bonds is 5. The number of carbonyl (C=O) groups excluding carboxylic acids is 2. The van der Waals surface area contributed by atoms with Crippen LogP contribution in [0, 0.1) is 0 Å². The molecule has 28 heavy (non-hydrogen) atoms. The molecule has 1 heterocycles. The molecule has 0 atom stereocenters. The molecule has 3 aromatic rings. The normalized spacial score (nSPS) is 11.1. The van der Waals surface area contributed by atoms with Crippen LogP contribution in [0.25, 0.3) is 17.0 Å². The number of aromatic nitrogens is 1. The molecule has 8 heteroatoms. The Labute approximate surface area is 170 Å². The van der Waals surface area contributed by atoms with Crippen LogP contribution in [-0.2, 0) is 9.53 Å². The molecule has 0 unspecified atom stereocenters. The van der Waals surface area contributed by atoms with Gasteiger partial charge in [-0.1, -0.05) is 29.3 Å². The maximum Gasteiger partial charge on any atom is 0.355 e. The number of hydrogen-bond donors (Lipinski definition) is 3. The van der Waals surface area contributed by atoms with Crippen molar-refractivity contribution in [1.29, 1.82) is 0 Å². The fourth-order valence-electron chi connectivity index (χ4n) is 2.73. The first-order chi connectivity index (χ1) is 13.4. The van der Waals surface area contributed by atoms with Crippen LogP contribution in [0.3, 0.4) is 0 Å². The molecule has 1 amide bonds. The number of benzene rings is 2. The van der Waals surface area contributed by atoms with Gasteiger partial charge in [0.05, 0.1) is 11.6 Å². The summed E-state index contributed by atoms with van der Waals surface area (Å²) in [5, 5.41) is 13.4. The van der Waals surface area contributed by atoms with Gasteiger partial charge in [-0.05, 0) is 37.3 Å². The number of aromatic hydroxyl groups is 1. The lowest BCUT2D eigenvalue weighted by Gasteiger charge is -2.03. The summed E-state index contributed by atoms with van der Waals surface area (Å²) < 4.78 is 5.08. The predicted molar refractivity (Wildman–Crippen MR) is 110 cm³/mol. The van der Waals surface area contributed by atoms with Crippen LogP contribution >= 0.6 is 23.2 Å². The van der Waals surface area contributed by atoms with E-state index in [-0.39, 0.29) is 18.1 Å². The van der Waals surface area contributed by atoms with Gasteiger partial charge in [0, 0.05) is 39.3 Å². The van der Waals surface area contributed by atoms with Gasteiger partial charge in [0.25, 0.3) is 0 Å². The molecule has 0 aliphatic carbocycles. The smallest absolute Gasteiger partial charge is 0.355 e. The molecule has 3 rings (SSSR count). The molecule has 1 aromatic heterocycles. The summed E-state index contributed by atoms with van der Waals surface area (Å²) in [6.45, 7) is 1.90. The van der Waals surface area contributed by atoms with Crippen molar-refractivity contribution in [3.05, 3.63) is 63.8 Å². The van der Waals surface area contributed by atoms with Gasteiger partial charge < -0.3 is 20.1 Å². The van der Waals surface area contributed by atoms with Gasteiger partial charge in [-0.25, -0.2) is 4.79 Å².